The Balaban J connectivity index is 1.45. The average molecular weight is 516 g/mol. The van der Waals surface area contributed by atoms with Gasteiger partial charge in [0.05, 0.1) is 16.7 Å². The molecule has 4 aromatic rings. The Morgan fingerprint density at radius 3 is 2.57 bits per heavy atom. The molecule has 0 spiro atoms. The van der Waals surface area contributed by atoms with Gasteiger partial charge in [-0.15, -0.1) is 0 Å². The lowest BCUT2D eigenvalue weighted by Crippen LogP contribution is -2.44. The van der Waals surface area contributed by atoms with Crippen LogP contribution in [0.5, 0.6) is 5.75 Å². The number of anilines is 2. The number of benzene rings is 1. The molecule has 3 aromatic heterocycles. The van der Waals surface area contributed by atoms with Gasteiger partial charge in [-0.25, -0.2) is 14.4 Å². The number of hydrogen-bond acceptors (Lipinski definition) is 7. The predicted octanol–water partition coefficient (Wildman–Crippen LogP) is 5.81. The van der Waals surface area contributed by atoms with Crippen molar-refractivity contribution in [3.8, 4) is 16.9 Å². The van der Waals surface area contributed by atoms with Gasteiger partial charge in [0.2, 0.25) is 5.75 Å². The van der Waals surface area contributed by atoms with E-state index in [0.717, 1.165) is 43.1 Å². The normalized spacial score (nSPS) is 15.5. The van der Waals surface area contributed by atoms with E-state index in [4.69, 9.17) is 38.1 Å². The molecule has 35 heavy (non-hydrogen) atoms. The molecule has 1 atom stereocenters. The zero-order chi connectivity index (χ0) is 24.7. The number of aromatic nitrogens is 2. The lowest BCUT2D eigenvalue weighted by atomic mass is 10.1. The van der Waals surface area contributed by atoms with Gasteiger partial charge in [-0.2, -0.15) is 0 Å². The molecular weight excluding hydrogens is 492 g/mol. The highest BCUT2D eigenvalue weighted by Gasteiger charge is 2.23. The third kappa shape index (κ3) is 4.49. The first-order valence-corrected chi connectivity index (χ1v) is 11.9. The highest BCUT2D eigenvalue weighted by atomic mass is 35.5. The summed E-state index contributed by atoms with van der Waals surface area (Å²) < 4.78 is 26.0. The Hall–Kier alpha value is -3.07. The summed E-state index contributed by atoms with van der Waals surface area (Å²) in [5, 5.41) is 0.900. The molecule has 1 saturated heterocycles. The summed E-state index contributed by atoms with van der Waals surface area (Å²) in [5.74, 6) is 0.731. The predicted molar refractivity (Wildman–Crippen MR) is 137 cm³/mol. The molecule has 4 heterocycles. The third-order valence-corrected chi connectivity index (χ3v) is 6.98. The van der Waals surface area contributed by atoms with Crippen LogP contribution in [0.2, 0.25) is 10.0 Å². The van der Waals surface area contributed by atoms with Crippen molar-refractivity contribution < 1.29 is 13.5 Å². The van der Waals surface area contributed by atoms with Crippen molar-refractivity contribution in [2.75, 3.05) is 43.9 Å². The van der Waals surface area contributed by atoms with Gasteiger partial charge in [0.25, 0.3) is 0 Å². The van der Waals surface area contributed by atoms with Gasteiger partial charge in [0.15, 0.2) is 11.4 Å². The molecule has 1 aromatic carbocycles. The molecule has 1 fully saturated rings. The van der Waals surface area contributed by atoms with Gasteiger partial charge in [0.1, 0.15) is 17.7 Å². The van der Waals surface area contributed by atoms with Crippen LogP contribution in [0, 0.1) is 5.82 Å². The van der Waals surface area contributed by atoms with E-state index >= 15 is 0 Å². The van der Waals surface area contributed by atoms with Crippen molar-refractivity contribution >= 4 is 45.8 Å². The van der Waals surface area contributed by atoms with Gasteiger partial charge < -0.3 is 24.7 Å². The Bertz CT molecular complexity index is 1370. The van der Waals surface area contributed by atoms with Gasteiger partial charge in [-0.3, -0.25) is 0 Å². The van der Waals surface area contributed by atoms with E-state index in [0.29, 0.717) is 16.5 Å². The van der Waals surface area contributed by atoms with Crippen molar-refractivity contribution in [2.24, 2.45) is 0 Å². The first-order chi connectivity index (χ1) is 16.8. The molecule has 0 saturated carbocycles. The van der Waals surface area contributed by atoms with Crippen molar-refractivity contribution in [1.29, 1.82) is 0 Å². The second-order valence-corrected chi connectivity index (χ2v) is 9.36. The number of hydrogen-bond donors (Lipinski definition) is 1. The molecule has 0 radical (unpaired) electrons. The Morgan fingerprint density at radius 2 is 1.86 bits per heavy atom. The maximum Gasteiger partial charge on any atom is 0.205 e. The zero-order valence-electron chi connectivity index (χ0n) is 19.3. The minimum Gasteiger partial charge on any atom is -0.478 e. The molecule has 10 heteroatoms. The summed E-state index contributed by atoms with van der Waals surface area (Å²) in [7, 11) is 2.12. The fourth-order valence-corrected chi connectivity index (χ4v) is 4.91. The van der Waals surface area contributed by atoms with E-state index in [1.165, 1.54) is 12.1 Å². The van der Waals surface area contributed by atoms with Crippen LogP contribution in [0.4, 0.5) is 16.0 Å². The average Bonchev–Trinajstić information content (AvgIpc) is 3.28. The monoisotopic (exact) mass is 515 g/mol. The smallest absolute Gasteiger partial charge is 0.205 e. The van der Waals surface area contributed by atoms with E-state index in [9.17, 15) is 4.39 Å². The quantitative estimate of drug-likeness (QED) is 0.336. The van der Waals surface area contributed by atoms with Crippen LogP contribution in [0.25, 0.3) is 22.1 Å². The van der Waals surface area contributed by atoms with E-state index in [-0.39, 0.29) is 21.6 Å². The Morgan fingerprint density at radius 1 is 1.09 bits per heavy atom. The Labute approximate surface area is 212 Å². The number of ether oxygens (including phenoxy) is 1. The van der Waals surface area contributed by atoms with Crippen molar-refractivity contribution in [3.05, 3.63) is 64.3 Å². The fourth-order valence-electron chi connectivity index (χ4n) is 4.24. The molecule has 1 aliphatic heterocycles. The minimum absolute atomic E-state index is 0.102. The first kappa shape index (κ1) is 23.7. The van der Waals surface area contributed by atoms with Gasteiger partial charge in [0, 0.05) is 60.3 Å². The Kier molecular flexibility index (Phi) is 6.44. The van der Waals surface area contributed by atoms with Crippen LogP contribution < -0.4 is 15.4 Å². The number of fused-ring (bicyclic) bond motifs is 1. The number of rotatable bonds is 5. The lowest BCUT2D eigenvalue weighted by molar-refractivity contribution is 0.227. The van der Waals surface area contributed by atoms with Crippen LogP contribution >= 0.6 is 23.2 Å². The molecule has 182 valence electrons. The number of piperazine rings is 1. The number of furan rings is 1. The van der Waals surface area contributed by atoms with Crippen LogP contribution in [0.3, 0.4) is 0 Å². The topological polar surface area (TPSA) is 80.7 Å². The number of nitrogen functional groups attached to an aromatic ring is 1. The van der Waals surface area contributed by atoms with Crippen molar-refractivity contribution in [1.82, 2.24) is 14.9 Å². The van der Waals surface area contributed by atoms with E-state index < -0.39 is 11.9 Å². The third-order valence-electron chi connectivity index (χ3n) is 6.27. The summed E-state index contributed by atoms with van der Waals surface area (Å²) in [6.45, 7) is 5.61. The van der Waals surface area contributed by atoms with E-state index in [1.54, 1.807) is 19.4 Å². The van der Waals surface area contributed by atoms with Crippen LogP contribution in [-0.2, 0) is 0 Å². The number of nitrogens with two attached hydrogens (primary N) is 1. The fraction of sp³-hybridized carbons (Fsp3) is 0.280. The SMILES string of the molecule is CC(Oc1c(N)ncc2c(-c3ccc(N4CCN(C)CC4)nc3)coc12)c1c(Cl)ccc(F)c1Cl. The number of pyridine rings is 2. The van der Waals surface area contributed by atoms with Crippen molar-refractivity contribution in [2.45, 2.75) is 13.0 Å². The zero-order valence-corrected chi connectivity index (χ0v) is 20.8. The minimum atomic E-state index is -0.710. The molecule has 1 unspecified atom stereocenters. The summed E-state index contributed by atoms with van der Waals surface area (Å²) in [5.41, 5.74) is 8.55. The highest BCUT2D eigenvalue weighted by molar-refractivity contribution is 6.36. The van der Waals surface area contributed by atoms with E-state index in [2.05, 4.69) is 26.8 Å². The largest absolute Gasteiger partial charge is 0.478 e. The molecule has 0 bridgehead atoms. The van der Waals surface area contributed by atoms with Crippen LogP contribution in [0.15, 0.2) is 47.3 Å². The molecule has 0 aliphatic carbocycles. The molecule has 5 rings (SSSR count). The second kappa shape index (κ2) is 9.53. The second-order valence-electron chi connectivity index (χ2n) is 8.58. The van der Waals surface area contributed by atoms with Gasteiger partial charge in [-0.05, 0) is 38.2 Å². The maximum atomic E-state index is 14.0. The maximum absolute atomic E-state index is 14.0. The molecule has 0 amide bonds. The van der Waals surface area contributed by atoms with E-state index in [1.807, 2.05) is 18.3 Å². The summed E-state index contributed by atoms with van der Waals surface area (Å²) >= 11 is 12.4. The number of nitrogens with zero attached hydrogens (tertiary/aromatic N) is 4. The highest BCUT2D eigenvalue weighted by Crippen LogP contribution is 2.41. The number of halogens is 3. The van der Waals surface area contributed by atoms with Crippen LogP contribution in [-0.4, -0.2) is 48.1 Å². The molecular formula is C25H24Cl2FN5O2. The van der Waals surface area contributed by atoms with Crippen molar-refractivity contribution in [3.63, 3.8) is 0 Å². The summed E-state index contributed by atoms with van der Waals surface area (Å²) in [4.78, 5) is 13.5. The van der Waals surface area contributed by atoms with Crippen LogP contribution in [0.1, 0.15) is 18.6 Å². The molecule has 2 N–H and O–H groups in total. The first-order valence-electron chi connectivity index (χ1n) is 11.2. The molecule has 1 aliphatic rings. The summed E-state index contributed by atoms with van der Waals surface area (Å²) in [6, 6.07) is 6.66. The number of likely N-dealkylation sites (N-methyl/N-ethyl adjacent to an activating group) is 1. The molecule has 7 nitrogen and oxygen atoms in total. The standard InChI is InChI=1S/C25H24Cl2FN5O2/c1-14(21-18(26)4-5-19(28)22(21)27)35-24-23-16(12-31-25(24)29)17(13-34-23)15-3-6-20(30-11-15)33-9-7-32(2)8-10-33/h3-6,11-14H,7-10H2,1-2H3,(H2,29,31). The summed E-state index contributed by atoms with van der Waals surface area (Å²) in [6.07, 6.45) is 4.37. The lowest BCUT2D eigenvalue weighted by Gasteiger charge is -2.33. The van der Waals surface area contributed by atoms with Gasteiger partial charge >= 0.3 is 0 Å². The van der Waals surface area contributed by atoms with Gasteiger partial charge in [-0.1, -0.05) is 23.2 Å².